The molecular formula is C24H21FN4O2S2. The third-order valence-corrected chi connectivity index (χ3v) is 6.91. The van der Waals surface area contributed by atoms with Gasteiger partial charge in [-0.05, 0) is 61.0 Å². The lowest BCUT2D eigenvalue weighted by Crippen LogP contribution is -2.24. The van der Waals surface area contributed by atoms with Crippen LogP contribution in [0.15, 0.2) is 65.7 Å². The number of benzene rings is 2. The van der Waals surface area contributed by atoms with Gasteiger partial charge in [0.15, 0.2) is 0 Å². The minimum absolute atomic E-state index is 0.127. The highest BCUT2D eigenvalue weighted by Crippen LogP contribution is 2.34. The second-order valence-corrected chi connectivity index (χ2v) is 9.11. The number of rotatable bonds is 8. The first-order valence-electron chi connectivity index (χ1n) is 10.1. The van der Waals surface area contributed by atoms with Crippen LogP contribution in [0.25, 0.3) is 21.1 Å². The van der Waals surface area contributed by atoms with E-state index in [0.29, 0.717) is 11.6 Å². The molecule has 33 heavy (non-hydrogen) atoms. The zero-order valence-corrected chi connectivity index (χ0v) is 19.7. The molecule has 0 fully saturated rings. The van der Waals surface area contributed by atoms with Crippen molar-refractivity contribution in [3.05, 3.63) is 77.7 Å². The number of ether oxygens (including phenoxy) is 1. The first-order chi connectivity index (χ1) is 16.0. The quantitative estimate of drug-likeness (QED) is 0.352. The number of carbonyl (C=O) groups excluding carboxylic acids is 1. The van der Waals surface area contributed by atoms with Crippen LogP contribution in [-0.4, -0.2) is 34.0 Å². The number of carbonyl (C=O) groups is 1. The van der Waals surface area contributed by atoms with E-state index >= 15 is 0 Å². The molecule has 6 nitrogen and oxygen atoms in total. The number of thioether (sulfide) groups is 1. The van der Waals surface area contributed by atoms with Gasteiger partial charge in [-0.1, -0.05) is 23.9 Å². The van der Waals surface area contributed by atoms with E-state index in [-0.39, 0.29) is 17.5 Å². The Morgan fingerprint density at radius 1 is 1.06 bits per heavy atom. The second kappa shape index (κ2) is 10.5. The number of amides is 1. The van der Waals surface area contributed by atoms with E-state index in [4.69, 9.17) is 4.74 Å². The number of nitrogens with zero attached hydrogens (tertiary/aromatic N) is 3. The third-order valence-electron chi connectivity index (χ3n) is 4.76. The smallest absolute Gasteiger partial charge is 0.230 e. The number of aromatic nitrogens is 3. The minimum atomic E-state index is -0.298. The fourth-order valence-electron chi connectivity index (χ4n) is 3.00. The van der Waals surface area contributed by atoms with Gasteiger partial charge in [-0.3, -0.25) is 4.79 Å². The summed E-state index contributed by atoms with van der Waals surface area (Å²) >= 11 is 2.87. The van der Waals surface area contributed by atoms with E-state index in [1.807, 2.05) is 43.3 Å². The number of methoxy groups -OCH3 is 1. The van der Waals surface area contributed by atoms with E-state index in [1.165, 1.54) is 23.9 Å². The number of halogens is 1. The summed E-state index contributed by atoms with van der Waals surface area (Å²) in [5.41, 5.74) is 3.49. The molecule has 2 aromatic carbocycles. The summed E-state index contributed by atoms with van der Waals surface area (Å²) in [5.74, 6) is 0.595. The number of nitrogens with one attached hydrogen (secondary N) is 1. The summed E-state index contributed by atoms with van der Waals surface area (Å²) in [5, 5.41) is 13.0. The molecule has 1 N–H and O–H groups in total. The summed E-state index contributed by atoms with van der Waals surface area (Å²) in [6, 6.07) is 17.6. The molecule has 0 saturated carbocycles. The number of hydrogen-bond donors (Lipinski definition) is 1. The summed E-state index contributed by atoms with van der Waals surface area (Å²) < 4.78 is 18.2. The van der Waals surface area contributed by atoms with Crippen LogP contribution in [0.2, 0.25) is 0 Å². The number of aryl methyl sites for hydroxylation is 1. The standard InChI is InChI=1S/C24H21FN4O2S2/c1-15-23(33-24(27-15)17-5-9-19(31-2)10-6-17)20-11-12-22(29-28-20)32-14-21(30)26-13-16-3-7-18(25)8-4-16/h3-12H,13-14H2,1-2H3,(H,26,30). The SMILES string of the molecule is COc1ccc(-c2nc(C)c(-c3ccc(SCC(=O)NCc4ccc(F)cc4)nn3)s2)cc1. The monoisotopic (exact) mass is 480 g/mol. The first-order valence-corrected chi connectivity index (χ1v) is 11.9. The average molecular weight is 481 g/mol. The van der Waals surface area contributed by atoms with Crippen molar-refractivity contribution in [1.82, 2.24) is 20.5 Å². The molecule has 0 unspecified atom stereocenters. The van der Waals surface area contributed by atoms with Crippen LogP contribution in [0.1, 0.15) is 11.3 Å². The Hall–Kier alpha value is -3.30. The molecule has 4 aromatic rings. The molecule has 0 aliphatic heterocycles. The molecule has 0 spiro atoms. The van der Waals surface area contributed by atoms with Gasteiger partial charge in [-0.2, -0.15) is 0 Å². The fraction of sp³-hybridized carbons (Fsp3) is 0.167. The van der Waals surface area contributed by atoms with Gasteiger partial charge < -0.3 is 10.1 Å². The van der Waals surface area contributed by atoms with E-state index in [1.54, 1.807) is 30.6 Å². The van der Waals surface area contributed by atoms with Crippen LogP contribution in [0.5, 0.6) is 5.75 Å². The van der Waals surface area contributed by atoms with Gasteiger partial charge in [0.25, 0.3) is 0 Å². The average Bonchev–Trinajstić information content (AvgIpc) is 3.24. The lowest BCUT2D eigenvalue weighted by Gasteiger charge is -2.05. The second-order valence-electron chi connectivity index (χ2n) is 7.11. The van der Waals surface area contributed by atoms with Gasteiger partial charge in [0.2, 0.25) is 5.91 Å². The van der Waals surface area contributed by atoms with Gasteiger partial charge in [0, 0.05) is 12.1 Å². The largest absolute Gasteiger partial charge is 0.497 e. The van der Waals surface area contributed by atoms with E-state index in [9.17, 15) is 9.18 Å². The molecule has 0 aliphatic rings. The van der Waals surface area contributed by atoms with Crippen molar-refractivity contribution in [3.63, 3.8) is 0 Å². The predicted octanol–water partition coefficient (Wildman–Crippen LogP) is 5.13. The molecular weight excluding hydrogens is 459 g/mol. The van der Waals surface area contributed by atoms with E-state index < -0.39 is 0 Å². The van der Waals surface area contributed by atoms with Crippen LogP contribution in [0.3, 0.4) is 0 Å². The van der Waals surface area contributed by atoms with Crippen molar-refractivity contribution in [1.29, 1.82) is 0 Å². The summed E-state index contributed by atoms with van der Waals surface area (Å²) in [6.07, 6.45) is 0. The van der Waals surface area contributed by atoms with E-state index in [0.717, 1.165) is 38.1 Å². The molecule has 2 aromatic heterocycles. The first kappa shape index (κ1) is 22.9. The van der Waals surface area contributed by atoms with Crippen LogP contribution >= 0.6 is 23.1 Å². The predicted molar refractivity (Wildman–Crippen MR) is 129 cm³/mol. The van der Waals surface area contributed by atoms with Crippen LogP contribution in [0, 0.1) is 12.7 Å². The maximum absolute atomic E-state index is 12.9. The molecule has 2 heterocycles. The van der Waals surface area contributed by atoms with Crippen molar-refractivity contribution in [2.45, 2.75) is 18.5 Å². The summed E-state index contributed by atoms with van der Waals surface area (Å²) in [7, 11) is 1.64. The van der Waals surface area contributed by atoms with Gasteiger partial charge in [-0.15, -0.1) is 21.5 Å². The summed E-state index contributed by atoms with van der Waals surface area (Å²) in [4.78, 5) is 17.7. The molecule has 0 saturated heterocycles. The molecule has 4 rings (SSSR count). The molecule has 9 heteroatoms. The molecule has 0 radical (unpaired) electrons. The van der Waals surface area contributed by atoms with Gasteiger partial charge in [-0.25, -0.2) is 9.37 Å². The van der Waals surface area contributed by atoms with Crippen molar-refractivity contribution in [2.24, 2.45) is 0 Å². The van der Waals surface area contributed by atoms with Crippen molar-refractivity contribution < 1.29 is 13.9 Å². The molecule has 168 valence electrons. The zero-order valence-electron chi connectivity index (χ0n) is 18.0. The Balaban J connectivity index is 1.34. The zero-order chi connectivity index (χ0) is 23.2. The van der Waals surface area contributed by atoms with Crippen LogP contribution in [0.4, 0.5) is 4.39 Å². The van der Waals surface area contributed by atoms with Gasteiger partial charge in [0.05, 0.1) is 23.4 Å². The topological polar surface area (TPSA) is 77.0 Å². The maximum atomic E-state index is 12.9. The Labute approximate surface area is 199 Å². The Morgan fingerprint density at radius 3 is 2.48 bits per heavy atom. The molecule has 0 atom stereocenters. The lowest BCUT2D eigenvalue weighted by molar-refractivity contribution is -0.118. The van der Waals surface area contributed by atoms with Crippen LogP contribution < -0.4 is 10.1 Å². The van der Waals surface area contributed by atoms with Crippen molar-refractivity contribution >= 4 is 29.0 Å². The Morgan fingerprint density at radius 2 is 1.82 bits per heavy atom. The third kappa shape index (κ3) is 5.94. The summed E-state index contributed by atoms with van der Waals surface area (Å²) in [6.45, 7) is 2.31. The normalized spacial score (nSPS) is 10.8. The highest BCUT2D eigenvalue weighted by Gasteiger charge is 2.14. The van der Waals surface area contributed by atoms with Gasteiger partial charge >= 0.3 is 0 Å². The Bertz CT molecular complexity index is 1230. The van der Waals surface area contributed by atoms with Crippen molar-refractivity contribution in [3.8, 4) is 26.9 Å². The lowest BCUT2D eigenvalue weighted by atomic mass is 10.2. The molecule has 1 amide bonds. The van der Waals surface area contributed by atoms with Crippen LogP contribution in [-0.2, 0) is 11.3 Å². The van der Waals surface area contributed by atoms with Crippen molar-refractivity contribution in [2.75, 3.05) is 12.9 Å². The van der Waals surface area contributed by atoms with E-state index in [2.05, 4.69) is 20.5 Å². The minimum Gasteiger partial charge on any atom is -0.497 e. The Kier molecular flexibility index (Phi) is 7.31. The highest BCUT2D eigenvalue weighted by atomic mass is 32.2. The maximum Gasteiger partial charge on any atom is 0.230 e. The fourth-order valence-corrected chi connectivity index (χ4v) is 4.68. The molecule has 0 aliphatic carbocycles. The molecule has 0 bridgehead atoms. The number of hydrogen-bond acceptors (Lipinski definition) is 7. The highest BCUT2D eigenvalue weighted by molar-refractivity contribution is 7.99. The van der Waals surface area contributed by atoms with Gasteiger partial charge in [0.1, 0.15) is 27.3 Å². The number of thiazole rings is 1.